The summed E-state index contributed by atoms with van der Waals surface area (Å²) in [5, 5.41) is 11.5. The number of imidazole rings is 1. The maximum absolute atomic E-state index is 14.1. The highest BCUT2D eigenvalue weighted by Crippen LogP contribution is 2.46. The van der Waals surface area contributed by atoms with Crippen LogP contribution in [-0.2, 0) is 15.7 Å². The molecule has 1 amide bonds. The Morgan fingerprint density at radius 3 is 2.57 bits per heavy atom. The van der Waals surface area contributed by atoms with Crippen LogP contribution in [0.5, 0.6) is 5.88 Å². The second kappa shape index (κ2) is 12.7. The van der Waals surface area contributed by atoms with Crippen LogP contribution in [0.3, 0.4) is 0 Å². The van der Waals surface area contributed by atoms with Gasteiger partial charge in [-0.25, -0.2) is 19.7 Å². The molecule has 248 valence electrons. The number of aromatic amines is 1. The molecule has 2 aliphatic rings. The Balaban J connectivity index is 1.38. The molecule has 0 unspecified atom stereocenters. The van der Waals surface area contributed by atoms with Crippen LogP contribution in [0.15, 0.2) is 30.7 Å². The van der Waals surface area contributed by atoms with Crippen molar-refractivity contribution in [2.45, 2.75) is 50.6 Å². The van der Waals surface area contributed by atoms with Gasteiger partial charge in [0.05, 0.1) is 29.2 Å². The highest BCUT2D eigenvalue weighted by molar-refractivity contribution is 6.03. The van der Waals surface area contributed by atoms with E-state index in [1.165, 1.54) is 12.3 Å². The van der Waals surface area contributed by atoms with Gasteiger partial charge in [0.15, 0.2) is 12.3 Å². The molecule has 0 atom stereocenters. The summed E-state index contributed by atoms with van der Waals surface area (Å²) < 4.78 is 53.0. The first-order chi connectivity index (χ1) is 22.4. The minimum absolute atomic E-state index is 0.0153. The van der Waals surface area contributed by atoms with Crippen molar-refractivity contribution in [1.82, 2.24) is 29.9 Å². The van der Waals surface area contributed by atoms with Crippen LogP contribution in [0, 0.1) is 5.41 Å². The Kier molecular flexibility index (Phi) is 8.70. The number of nitrogens with zero attached hydrogens (tertiary/aromatic N) is 6. The molecule has 47 heavy (non-hydrogen) atoms. The van der Waals surface area contributed by atoms with E-state index in [0.29, 0.717) is 37.2 Å². The first-order valence-corrected chi connectivity index (χ1v) is 15.1. The van der Waals surface area contributed by atoms with E-state index in [0.717, 1.165) is 38.1 Å². The number of anilines is 2. The van der Waals surface area contributed by atoms with Crippen LogP contribution < -0.4 is 15.0 Å². The summed E-state index contributed by atoms with van der Waals surface area (Å²) in [5.74, 6) is -2.20. The zero-order valence-corrected chi connectivity index (χ0v) is 25.7. The van der Waals surface area contributed by atoms with Crippen LogP contribution in [0.2, 0.25) is 0 Å². The third-order valence-electron chi connectivity index (χ3n) is 8.47. The van der Waals surface area contributed by atoms with E-state index in [1.807, 2.05) is 11.9 Å². The normalized spacial score (nSPS) is 15.9. The minimum atomic E-state index is -4.58. The van der Waals surface area contributed by atoms with Gasteiger partial charge in [-0.3, -0.25) is 15.1 Å². The number of alkyl halides is 3. The lowest BCUT2D eigenvalue weighted by Crippen LogP contribution is -2.37. The summed E-state index contributed by atoms with van der Waals surface area (Å²) in [7, 11) is 3.56. The lowest BCUT2D eigenvalue weighted by atomic mass is 9.86. The maximum Gasteiger partial charge on any atom is 0.418 e. The fraction of sp³-hybridized carbons (Fsp3) is 0.452. The van der Waals surface area contributed by atoms with Crippen molar-refractivity contribution >= 4 is 34.7 Å². The van der Waals surface area contributed by atoms with E-state index in [9.17, 15) is 22.8 Å². The zero-order valence-electron chi connectivity index (χ0n) is 25.7. The SMILES string of the molecule is COCC1(CN(C)c2cc(-c3cnc(C4CC4)c(C(F)(F)F)c3)nc3nc(NC(=O)c4cc(OCC(=O)O)ncn4)[nH]c23)CCCC1. The molecule has 4 aromatic rings. The number of amides is 1. The van der Waals surface area contributed by atoms with Crippen LogP contribution in [0.4, 0.5) is 24.8 Å². The van der Waals surface area contributed by atoms with Gasteiger partial charge in [0.1, 0.15) is 17.5 Å². The molecule has 4 heterocycles. The smallest absolute Gasteiger partial charge is 0.418 e. The second-order valence-electron chi connectivity index (χ2n) is 12.1. The van der Waals surface area contributed by atoms with Crippen molar-refractivity contribution in [3.05, 3.63) is 47.7 Å². The van der Waals surface area contributed by atoms with Gasteiger partial charge >= 0.3 is 12.1 Å². The average molecular weight is 655 g/mol. The van der Waals surface area contributed by atoms with Gasteiger partial charge in [-0.15, -0.1) is 0 Å². The van der Waals surface area contributed by atoms with Crippen molar-refractivity contribution in [2.24, 2.45) is 5.41 Å². The number of carbonyl (C=O) groups is 2. The van der Waals surface area contributed by atoms with Crippen molar-refractivity contribution in [3.63, 3.8) is 0 Å². The van der Waals surface area contributed by atoms with E-state index >= 15 is 0 Å². The number of methoxy groups -OCH3 is 1. The molecule has 0 saturated heterocycles. The number of rotatable bonds is 12. The number of nitrogens with one attached hydrogen (secondary N) is 2. The predicted octanol–water partition coefficient (Wildman–Crippen LogP) is 5.06. The number of H-pyrrole nitrogens is 1. The lowest BCUT2D eigenvalue weighted by molar-refractivity contribution is -0.139. The highest BCUT2D eigenvalue weighted by Gasteiger charge is 2.40. The molecular formula is C31H33F3N8O5. The van der Waals surface area contributed by atoms with Gasteiger partial charge in [-0.05, 0) is 37.8 Å². The van der Waals surface area contributed by atoms with Crippen molar-refractivity contribution in [3.8, 4) is 17.1 Å². The lowest BCUT2D eigenvalue weighted by Gasteiger charge is -2.34. The highest BCUT2D eigenvalue weighted by atomic mass is 19.4. The Labute approximate surface area is 267 Å². The largest absolute Gasteiger partial charge is 0.479 e. The van der Waals surface area contributed by atoms with E-state index in [-0.39, 0.29) is 51.5 Å². The zero-order chi connectivity index (χ0) is 33.3. The van der Waals surface area contributed by atoms with Crippen molar-refractivity contribution < 1.29 is 37.3 Å². The molecular weight excluding hydrogens is 621 g/mol. The van der Waals surface area contributed by atoms with Crippen molar-refractivity contribution in [1.29, 1.82) is 0 Å². The fourth-order valence-corrected chi connectivity index (χ4v) is 6.22. The minimum Gasteiger partial charge on any atom is -0.479 e. The summed E-state index contributed by atoms with van der Waals surface area (Å²) >= 11 is 0. The van der Waals surface area contributed by atoms with Gasteiger partial charge in [-0.1, -0.05) is 12.8 Å². The molecule has 0 radical (unpaired) electrons. The Bertz CT molecular complexity index is 1800. The molecule has 6 rings (SSSR count). The van der Waals surface area contributed by atoms with Gasteiger partial charge in [0, 0.05) is 49.9 Å². The number of aromatic nitrogens is 6. The molecule has 0 bridgehead atoms. The number of carbonyl (C=O) groups excluding carboxylic acids is 1. The number of aliphatic carboxylic acids is 1. The van der Waals surface area contributed by atoms with Crippen LogP contribution in [0.25, 0.3) is 22.4 Å². The molecule has 16 heteroatoms. The van der Waals surface area contributed by atoms with Crippen LogP contribution in [0.1, 0.15) is 66.2 Å². The number of carboxylic acid groups (broad SMARTS) is 1. The summed E-state index contributed by atoms with van der Waals surface area (Å²) in [6.45, 7) is 0.509. The molecule has 4 aromatic heterocycles. The molecule has 0 aromatic carbocycles. The first-order valence-electron chi connectivity index (χ1n) is 15.1. The van der Waals surface area contributed by atoms with E-state index < -0.39 is 30.2 Å². The van der Waals surface area contributed by atoms with Gasteiger partial charge < -0.3 is 24.5 Å². The summed E-state index contributed by atoms with van der Waals surface area (Å²) in [6.07, 6.45) is 3.31. The van der Waals surface area contributed by atoms with E-state index in [4.69, 9.17) is 14.6 Å². The fourth-order valence-electron chi connectivity index (χ4n) is 6.22. The maximum atomic E-state index is 14.1. The van der Waals surface area contributed by atoms with Gasteiger partial charge in [0.2, 0.25) is 11.8 Å². The third kappa shape index (κ3) is 7.11. The number of pyridine rings is 2. The molecule has 2 saturated carbocycles. The molecule has 13 nitrogen and oxygen atoms in total. The second-order valence-corrected chi connectivity index (χ2v) is 12.1. The number of fused-ring (bicyclic) bond motifs is 1. The average Bonchev–Trinajstić information content (AvgIpc) is 3.65. The molecule has 3 N–H and O–H groups in total. The summed E-state index contributed by atoms with van der Waals surface area (Å²) in [4.78, 5) is 50.0. The molecule has 2 fully saturated rings. The predicted molar refractivity (Wildman–Crippen MR) is 163 cm³/mol. The Hall–Kier alpha value is -4.86. The number of hydrogen-bond acceptors (Lipinski definition) is 10. The third-order valence-corrected chi connectivity index (χ3v) is 8.47. The number of carboxylic acids is 1. The number of ether oxygens (including phenoxy) is 2. The standard InChI is InChI=1S/C31H33F3N8O5/c1-42(14-30(15-46-2)7-3-4-8-30)22-10-20(18-9-19(31(32,33)34)25(35-12-18)17-5-6-17)38-27-26(22)39-29(40-27)41-28(45)21-11-23(37-16-36-21)47-13-24(43)44/h9-12,16-17H,3-8,13-15H2,1-2H3,(H,43,44)(H2,38,39,40,41,45). The molecule has 0 aliphatic heterocycles. The van der Waals surface area contributed by atoms with Gasteiger partial charge in [0.25, 0.3) is 5.91 Å². The Morgan fingerprint density at radius 1 is 1.13 bits per heavy atom. The number of halogens is 3. The Morgan fingerprint density at radius 2 is 1.89 bits per heavy atom. The quantitative estimate of drug-likeness (QED) is 0.187. The number of hydrogen-bond donors (Lipinski definition) is 3. The molecule has 0 spiro atoms. The van der Waals surface area contributed by atoms with Crippen LogP contribution >= 0.6 is 0 Å². The summed E-state index contributed by atoms with van der Waals surface area (Å²) in [5.41, 5.74) is 0.730. The first kappa shape index (κ1) is 32.1. The van der Waals surface area contributed by atoms with E-state index in [1.54, 1.807) is 13.2 Å². The van der Waals surface area contributed by atoms with Gasteiger partial charge in [-0.2, -0.15) is 18.2 Å². The van der Waals surface area contributed by atoms with Crippen LogP contribution in [-0.4, -0.2) is 80.8 Å². The monoisotopic (exact) mass is 654 g/mol. The molecule has 2 aliphatic carbocycles. The summed E-state index contributed by atoms with van der Waals surface area (Å²) in [6, 6.07) is 3.98. The van der Waals surface area contributed by atoms with Crippen molar-refractivity contribution in [2.75, 3.05) is 44.1 Å². The topological polar surface area (TPSA) is 168 Å². The van der Waals surface area contributed by atoms with E-state index in [2.05, 4.69) is 35.2 Å².